The van der Waals surface area contributed by atoms with Crippen molar-refractivity contribution in [1.82, 2.24) is 0 Å². The van der Waals surface area contributed by atoms with Crippen LogP contribution in [-0.2, 0) is 19.2 Å². The maximum absolute atomic E-state index is 13.8. The van der Waals surface area contributed by atoms with Crippen molar-refractivity contribution in [2.45, 2.75) is 25.7 Å². The Labute approximate surface area is 227 Å². The molecule has 1 heterocycles. The van der Waals surface area contributed by atoms with Gasteiger partial charge in [0, 0.05) is 28.7 Å². The second-order valence-electron chi connectivity index (χ2n) is 9.87. The number of Topliss-reactive ketones (excluding diaryl/α,β-unsaturated/α-hetero) is 1. The summed E-state index contributed by atoms with van der Waals surface area (Å²) in [6.07, 6.45) is 3.69. The quantitative estimate of drug-likeness (QED) is 0.321. The first-order valence-corrected chi connectivity index (χ1v) is 13.4. The summed E-state index contributed by atoms with van der Waals surface area (Å²) in [6, 6.07) is 13.9. The van der Waals surface area contributed by atoms with Gasteiger partial charge in [-0.25, -0.2) is 0 Å². The third-order valence-corrected chi connectivity index (χ3v) is 8.58. The molecule has 1 saturated heterocycles. The SMILES string of the molecule is CCOc1cccc([C@H]2C3=CC[C@@H]4C(=O)N(c5ccccc5)C(=O)[C@@H]4[C@@H]3CC3=C2C(=O)C=C(Br)C3=O)c1O. The smallest absolute Gasteiger partial charge is 0.238 e. The molecule has 8 heteroatoms. The van der Waals surface area contributed by atoms with Gasteiger partial charge in [0.15, 0.2) is 23.1 Å². The van der Waals surface area contributed by atoms with E-state index in [9.17, 15) is 24.3 Å². The Morgan fingerprint density at radius 2 is 1.76 bits per heavy atom. The van der Waals surface area contributed by atoms with Crippen LogP contribution in [0.5, 0.6) is 11.5 Å². The maximum Gasteiger partial charge on any atom is 0.238 e. The average Bonchev–Trinajstić information content (AvgIpc) is 3.18. The third kappa shape index (κ3) is 3.54. The van der Waals surface area contributed by atoms with Crippen LogP contribution in [0.15, 0.2) is 81.9 Å². The number of para-hydroxylation sites is 2. The van der Waals surface area contributed by atoms with E-state index < -0.39 is 23.7 Å². The molecule has 3 aliphatic carbocycles. The van der Waals surface area contributed by atoms with E-state index in [1.165, 1.54) is 11.0 Å². The second kappa shape index (κ2) is 9.20. The standard InChI is InChI=1S/C30H24BrNO6/c1-2-38-23-10-6-9-17(28(23)35)24-16-11-12-18-25(30(37)32(29(18)36)15-7-4-3-5-8-15)19(16)13-20-26(24)22(33)14-21(31)27(20)34/h3-11,14,18-19,24-25,35H,2,12-13H2,1H3/t18-,19+,24+,25-/m0/s1. The number of ketones is 2. The summed E-state index contributed by atoms with van der Waals surface area (Å²) >= 11 is 3.23. The van der Waals surface area contributed by atoms with Crippen LogP contribution in [0.1, 0.15) is 31.2 Å². The molecule has 192 valence electrons. The number of hydrogen-bond donors (Lipinski definition) is 1. The van der Waals surface area contributed by atoms with Crippen LogP contribution >= 0.6 is 15.9 Å². The highest BCUT2D eigenvalue weighted by Crippen LogP contribution is 2.57. The van der Waals surface area contributed by atoms with Crippen LogP contribution in [0.3, 0.4) is 0 Å². The molecular weight excluding hydrogens is 550 g/mol. The van der Waals surface area contributed by atoms with Crippen molar-refractivity contribution in [3.8, 4) is 11.5 Å². The monoisotopic (exact) mass is 573 g/mol. The molecule has 2 aromatic rings. The molecular formula is C30H24BrNO6. The van der Waals surface area contributed by atoms with Gasteiger partial charge in [0.2, 0.25) is 11.8 Å². The zero-order chi connectivity index (χ0) is 26.7. The van der Waals surface area contributed by atoms with Crippen molar-refractivity contribution in [3.63, 3.8) is 0 Å². The number of phenols is 1. The number of aromatic hydroxyl groups is 1. The highest BCUT2D eigenvalue weighted by Gasteiger charge is 2.56. The van der Waals surface area contributed by atoms with Crippen LogP contribution in [0, 0.1) is 17.8 Å². The van der Waals surface area contributed by atoms with Gasteiger partial charge < -0.3 is 9.84 Å². The molecule has 1 aliphatic heterocycles. The first-order chi connectivity index (χ1) is 18.3. The molecule has 4 atom stereocenters. The number of anilines is 1. The number of carbonyl (C=O) groups is 4. The van der Waals surface area contributed by atoms with Gasteiger partial charge in [0.1, 0.15) is 0 Å². The number of halogens is 1. The molecule has 6 rings (SSSR count). The van der Waals surface area contributed by atoms with Gasteiger partial charge in [0.25, 0.3) is 0 Å². The number of nitrogens with zero attached hydrogens (tertiary/aromatic N) is 1. The number of allylic oxidation sites excluding steroid dienone is 6. The van der Waals surface area contributed by atoms with Crippen molar-refractivity contribution in [2.75, 3.05) is 11.5 Å². The average molecular weight is 574 g/mol. The molecule has 0 radical (unpaired) electrons. The minimum absolute atomic E-state index is 0.108. The van der Waals surface area contributed by atoms with E-state index in [0.29, 0.717) is 35.4 Å². The van der Waals surface area contributed by atoms with E-state index in [2.05, 4.69) is 15.9 Å². The van der Waals surface area contributed by atoms with Gasteiger partial charge in [-0.1, -0.05) is 42.0 Å². The number of phenolic OH excluding ortho intramolecular Hbond substituents is 1. The maximum atomic E-state index is 13.8. The zero-order valence-corrected chi connectivity index (χ0v) is 22.1. The van der Waals surface area contributed by atoms with Crippen LogP contribution in [0.2, 0.25) is 0 Å². The molecule has 0 saturated carbocycles. The van der Waals surface area contributed by atoms with Gasteiger partial charge in [-0.05, 0) is 59.8 Å². The molecule has 0 spiro atoms. The Hall–Kier alpha value is -3.78. The predicted molar refractivity (Wildman–Crippen MR) is 143 cm³/mol. The minimum atomic E-state index is -0.743. The Bertz CT molecular complexity index is 1500. The van der Waals surface area contributed by atoms with E-state index in [1.807, 2.05) is 12.1 Å². The second-order valence-corrected chi connectivity index (χ2v) is 10.7. The van der Waals surface area contributed by atoms with Crippen molar-refractivity contribution >= 4 is 45.0 Å². The number of hydrogen-bond acceptors (Lipinski definition) is 6. The number of imide groups is 1. The van der Waals surface area contributed by atoms with Crippen LogP contribution in [-0.4, -0.2) is 35.1 Å². The fraction of sp³-hybridized carbons (Fsp3) is 0.267. The predicted octanol–water partition coefficient (Wildman–Crippen LogP) is 4.76. The molecule has 0 aromatic heterocycles. The van der Waals surface area contributed by atoms with Gasteiger partial charge in [-0.2, -0.15) is 0 Å². The lowest BCUT2D eigenvalue weighted by Gasteiger charge is -2.42. The van der Waals surface area contributed by atoms with Crippen molar-refractivity contribution < 1.29 is 29.0 Å². The van der Waals surface area contributed by atoms with Crippen LogP contribution < -0.4 is 9.64 Å². The summed E-state index contributed by atoms with van der Waals surface area (Å²) in [7, 11) is 0. The Balaban J connectivity index is 1.51. The normalized spacial score (nSPS) is 26.5. The summed E-state index contributed by atoms with van der Waals surface area (Å²) in [5.41, 5.74) is 2.35. The fourth-order valence-electron chi connectivity index (χ4n) is 6.44. The molecule has 0 unspecified atom stereocenters. The van der Waals surface area contributed by atoms with Crippen LogP contribution in [0.4, 0.5) is 5.69 Å². The van der Waals surface area contributed by atoms with Gasteiger partial charge in [-0.15, -0.1) is 0 Å². The molecule has 7 nitrogen and oxygen atoms in total. The summed E-state index contributed by atoms with van der Waals surface area (Å²) in [5, 5.41) is 11.2. The topological polar surface area (TPSA) is 101 Å². The number of amides is 2. The lowest BCUT2D eigenvalue weighted by atomic mass is 9.59. The van der Waals surface area contributed by atoms with E-state index in [1.54, 1.807) is 49.4 Å². The fourth-order valence-corrected chi connectivity index (χ4v) is 6.89. The van der Waals surface area contributed by atoms with E-state index in [-0.39, 0.29) is 45.8 Å². The summed E-state index contributed by atoms with van der Waals surface area (Å²) in [6.45, 7) is 2.14. The lowest BCUT2D eigenvalue weighted by Crippen LogP contribution is -2.39. The van der Waals surface area contributed by atoms with Gasteiger partial charge >= 0.3 is 0 Å². The zero-order valence-electron chi connectivity index (χ0n) is 20.5. The van der Waals surface area contributed by atoms with Gasteiger partial charge in [-0.3, -0.25) is 24.1 Å². The van der Waals surface area contributed by atoms with Crippen molar-refractivity contribution in [1.29, 1.82) is 0 Å². The van der Waals surface area contributed by atoms with Gasteiger partial charge in [0.05, 0.1) is 28.6 Å². The largest absolute Gasteiger partial charge is 0.504 e. The Morgan fingerprint density at radius 3 is 2.50 bits per heavy atom. The van der Waals surface area contributed by atoms with Crippen LogP contribution in [0.25, 0.3) is 0 Å². The molecule has 2 amide bonds. The number of fused-ring (bicyclic) bond motifs is 3. The summed E-state index contributed by atoms with van der Waals surface area (Å²) < 4.78 is 5.77. The first kappa shape index (κ1) is 24.6. The third-order valence-electron chi connectivity index (χ3n) is 7.99. The molecule has 1 fully saturated rings. The minimum Gasteiger partial charge on any atom is -0.504 e. The molecule has 38 heavy (non-hydrogen) atoms. The van der Waals surface area contributed by atoms with E-state index in [0.717, 1.165) is 5.57 Å². The first-order valence-electron chi connectivity index (χ1n) is 12.6. The molecule has 4 aliphatic rings. The molecule has 2 aromatic carbocycles. The summed E-state index contributed by atoms with van der Waals surface area (Å²) in [4.78, 5) is 55.3. The van der Waals surface area contributed by atoms with Crippen molar-refractivity contribution in [2.24, 2.45) is 17.8 Å². The van der Waals surface area contributed by atoms with E-state index in [4.69, 9.17) is 4.74 Å². The van der Waals surface area contributed by atoms with Crippen molar-refractivity contribution in [3.05, 3.63) is 87.4 Å². The molecule has 1 N–H and O–H groups in total. The highest BCUT2D eigenvalue weighted by molar-refractivity contribution is 9.12. The van der Waals surface area contributed by atoms with E-state index >= 15 is 0 Å². The number of carbonyl (C=O) groups excluding carboxylic acids is 4. The number of rotatable bonds is 4. The Morgan fingerprint density at radius 1 is 1.00 bits per heavy atom. The highest BCUT2D eigenvalue weighted by atomic mass is 79.9. The molecule has 0 bridgehead atoms. The number of ether oxygens (including phenoxy) is 1. The Kier molecular flexibility index (Phi) is 5.94. The number of benzene rings is 2. The summed E-state index contributed by atoms with van der Waals surface area (Å²) in [5.74, 6) is -3.49. The lowest BCUT2D eigenvalue weighted by molar-refractivity contribution is -0.123.